The van der Waals surface area contributed by atoms with Gasteiger partial charge in [0.2, 0.25) is 0 Å². The van der Waals surface area contributed by atoms with E-state index in [1.807, 2.05) is 80.6 Å². The Labute approximate surface area is 179 Å². The predicted octanol–water partition coefficient (Wildman–Crippen LogP) is 5.54. The van der Waals surface area contributed by atoms with Crippen LogP contribution in [0.3, 0.4) is 0 Å². The molecular weight excluding hydrogens is 384 g/mol. The van der Waals surface area contributed by atoms with Crippen LogP contribution in [0.2, 0.25) is 0 Å². The number of aromatic nitrogens is 3. The van der Waals surface area contributed by atoms with Crippen molar-refractivity contribution in [3.8, 4) is 5.69 Å². The summed E-state index contributed by atoms with van der Waals surface area (Å²) in [7, 11) is 0. The first-order valence-corrected chi connectivity index (χ1v) is 10.2. The number of aromatic amines is 1. The van der Waals surface area contributed by atoms with Crippen molar-refractivity contribution in [1.29, 1.82) is 0 Å². The SMILES string of the molecule is Cc1ccc(-n2[nH]c(C)c(C=Nc3c4ccccc4nc4ccccc34)c2=O)cc1C. The monoisotopic (exact) mass is 406 g/mol. The first kappa shape index (κ1) is 19.0. The fourth-order valence-corrected chi connectivity index (χ4v) is 3.84. The van der Waals surface area contributed by atoms with Crippen LogP contribution >= 0.6 is 0 Å². The number of hydrogen-bond acceptors (Lipinski definition) is 3. The lowest BCUT2D eigenvalue weighted by molar-refractivity contribution is 0.833. The zero-order chi connectivity index (χ0) is 21.5. The van der Waals surface area contributed by atoms with Gasteiger partial charge in [-0.2, -0.15) is 0 Å². The first-order valence-electron chi connectivity index (χ1n) is 10.2. The van der Waals surface area contributed by atoms with E-state index in [0.717, 1.165) is 44.4 Å². The molecule has 0 aliphatic rings. The number of H-pyrrole nitrogens is 1. The maximum Gasteiger partial charge on any atom is 0.280 e. The van der Waals surface area contributed by atoms with Crippen LogP contribution in [0.25, 0.3) is 27.5 Å². The summed E-state index contributed by atoms with van der Waals surface area (Å²) in [6.45, 7) is 5.99. The molecule has 5 aromatic rings. The van der Waals surface area contributed by atoms with Gasteiger partial charge in [-0.1, -0.05) is 42.5 Å². The molecule has 0 spiro atoms. The maximum absolute atomic E-state index is 13.2. The number of fused-ring (bicyclic) bond motifs is 2. The number of hydrogen-bond donors (Lipinski definition) is 1. The Bertz CT molecular complexity index is 1480. The molecule has 0 amide bonds. The van der Waals surface area contributed by atoms with E-state index in [-0.39, 0.29) is 5.56 Å². The summed E-state index contributed by atoms with van der Waals surface area (Å²) >= 11 is 0. The van der Waals surface area contributed by atoms with E-state index >= 15 is 0 Å². The summed E-state index contributed by atoms with van der Waals surface area (Å²) in [6, 6.07) is 21.9. The number of pyridine rings is 1. The highest BCUT2D eigenvalue weighted by molar-refractivity contribution is 6.07. The third-order valence-corrected chi connectivity index (χ3v) is 5.75. The molecule has 0 radical (unpaired) electrons. The Morgan fingerprint density at radius 3 is 2.16 bits per heavy atom. The van der Waals surface area contributed by atoms with E-state index in [2.05, 4.69) is 12.0 Å². The molecule has 2 aromatic heterocycles. The summed E-state index contributed by atoms with van der Waals surface area (Å²) in [5.41, 5.74) is 6.93. The third kappa shape index (κ3) is 3.24. The second-order valence-corrected chi connectivity index (χ2v) is 7.81. The van der Waals surface area contributed by atoms with Crippen LogP contribution in [-0.4, -0.2) is 21.0 Å². The summed E-state index contributed by atoms with van der Waals surface area (Å²) < 4.78 is 1.58. The minimum atomic E-state index is -0.118. The molecular formula is C26H22N4O. The first-order chi connectivity index (χ1) is 15.0. The van der Waals surface area contributed by atoms with Crippen molar-refractivity contribution < 1.29 is 0 Å². The van der Waals surface area contributed by atoms with Crippen molar-refractivity contribution >= 4 is 33.7 Å². The van der Waals surface area contributed by atoms with Gasteiger partial charge in [-0.3, -0.25) is 14.9 Å². The Morgan fingerprint density at radius 1 is 0.871 bits per heavy atom. The quantitative estimate of drug-likeness (QED) is 0.316. The zero-order valence-electron chi connectivity index (χ0n) is 17.7. The number of benzene rings is 3. The van der Waals surface area contributed by atoms with Gasteiger partial charge in [-0.15, -0.1) is 0 Å². The lowest BCUT2D eigenvalue weighted by atomic mass is 10.1. The van der Waals surface area contributed by atoms with Gasteiger partial charge in [0, 0.05) is 22.7 Å². The number of aryl methyl sites for hydroxylation is 3. The van der Waals surface area contributed by atoms with Crippen molar-refractivity contribution in [3.05, 3.63) is 99.5 Å². The Morgan fingerprint density at radius 2 is 1.52 bits per heavy atom. The molecule has 1 N–H and O–H groups in total. The number of rotatable bonds is 3. The second-order valence-electron chi connectivity index (χ2n) is 7.81. The Balaban J connectivity index is 1.66. The van der Waals surface area contributed by atoms with E-state index < -0.39 is 0 Å². The second kappa shape index (κ2) is 7.36. The molecule has 5 rings (SSSR count). The normalized spacial score (nSPS) is 11.7. The highest BCUT2D eigenvalue weighted by Crippen LogP contribution is 2.32. The topological polar surface area (TPSA) is 63.0 Å². The van der Waals surface area contributed by atoms with Gasteiger partial charge >= 0.3 is 0 Å². The van der Waals surface area contributed by atoms with Crippen molar-refractivity contribution in [3.63, 3.8) is 0 Å². The van der Waals surface area contributed by atoms with Crippen LogP contribution in [0.5, 0.6) is 0 Å². The van der Waals surface area contributed by atoms with Gasteiger partial charge in [0.25, 0.3) is 5.56 Å². The molecule has 5 heteroatoms. The van der Waals surface area contributed by atoms with Crippen LogP contribution in [0, 0.1) is 20.8 Å². The van der Waals surface area contributed by atoms with E-state index in [4.69, 9.17) is 9.98 Å². The van der Waals surface area contributed by atoms with Crippen molar-refractivity contribution in [1.82, 2.24) is 14.8 Å². The van der Waals surface area contributed by atoms with E-state index in [0.29, 0.717) is 5.56 Å². The summed E-state index contributed by atoms with van der Waals surface area (Å²) in [4.78, 5) is 22.7. The average molecular weight is 406 g/mol. The average Bonchev–Trinajstić information content (AvgIpc) is 3.06. The van der Waals surface area contributed by atoms with Crippen LogP contribution in [-0.2, 0) is 0 Å². The summed E-state index contributed by atoms with van der Waals surface area (Å²) in [6.07, 6.45) is 1.67. The molecule has 0 atom stereocenters. The smallest absolute Gasteiger partial charge is 0.280 e. The molecule has 152 valence electrons. The molecule has 2 heterocycles. The van der Waals surface area contributed by atoms with Crippen molar-refractivity contribution in [2.75, 3.05) is 0 Å². The molecule has 0 aliphatic carbocycles. The standard InChI is InChI=1S/C26H22N4O/c1-16-12-13-19(14-17(16)2)30-26(31)22(18(3)29-30)15-27-25-20-8-4-6-10-23(20)28-24-11-7-5-9-21(24)25/h4-15,29H,1-3H3. The minimum absolute atomic E-state index is 0.118. The summed E-state index contributed by atoms with van der Waals surface area (Å²) in [5.74, 6) is 0. The molecule has 0 saturated heterocycles. The molecule has 0 fully saturated rings. The number of nitrogens with one attached hydrogen (secondary N) is 1. The predicted molar refractivity (Wildman–Crippen MR) is 127 cm³/mol. The number of nitrogens with zero attached hydrogens (tertiary/aromatic N) is 3. The van der Waals surface area contributed by atoms with Gasteiger partial charge in [0.05, 0.1) is 28.0 Å². The highest BCUT2D eigenvalue weighted by Gasteiger charge is 2.13. The highest BCUT2D eigenvalue weighted by atomic mass is 16.1. The van der Waals surface area contributed by atoms with Gasteiger partial charge in [0.1, 0.15) is 0 Å². The van der Waals surface area contributed by atoms with Gasteiger partial charge in [-0.05, 0) is 56.2 Å². The minimum Gasteiger partial charge on any atom is -0.295 e. The van der Waals surface area contributed by atoms with Crippen molar-refractivity contribution in [2.45, 2.75) is 20.8 Å². The Kier molecular flexibility index (Phi) is 4.51. The van der Waals surface area contributed by atoms with Crippen LogP contribution in [0.4, 0.5) is 5.69 Å². The van der Waals surface area contributed by atoms with E-state index in [9.17, 15) is 4.79 Å². The van der Waals surface area contributed by atoms with Crippen LogP contribution < -0.4 is 5.56 Å². The largest absolute Gasteiger partial charge is 0.295 e. The molecule has 0 aliphatic heterocycles. The lowest BCUT2D eigenvalue weighted by Crippen LogP contribution is -2.17. The van der Waals surface area contributed by atoms with Crippen molar-refractivity contribution in [2.24, 2.45) is 4.99 Å². The maximum atomic E-state index is 13.2. The third-order valence-electron chi connectivity index (χ3n) is 5.75. The zero-order valence-corrected chi connectivity index (χ0v) is 17.7. The van der Waals surface area contributed by atoms with E-state index in [1.165, 1.54) is 5.56 Å². The lowest BCUT2D eigenvalue weighted by Gasteiger charge is -2.06. The molecule has 0 bridgehead atoms. The van der Waals surface area contributed by atoms with Crippen LogP contribution in [0.15, 0.2) is 76.5 Å². The molecule has 0 saturated carbocycles. The molecule has 31 heavy (non-hydrogen) atoms. The fourth-order valence-electron chi connectivity index (χ4n) is 3.84. The Hall–Kier alpha value is -3.99. The van der Waals surface area contributed by atoms with E-state index in [1.54, 1.807) is 10.9 Å². The van der Waals surface area contributed by atoms with Gasteiger partial charge < -0.3 is 0 Å². The fraction of sp³-hybridized carbons (Fsp3) is 0.115. The molecule has 3 aromatic carbocycles. The van der Waals surface area contributed by atoms with Gasteiger partial charge in [-0.25, -0.2) is 9.67 Å². The molecule has 0 unspecified atom stereocenters. The number of aliphatic imine (C=N–C) groups is 1. The van der Waals surface area contributed by atoms with Gasteiger partial charge in [0.15, 0.2) is 0 Å². The molecule has 5 nitrogen and oxygen atoms in total. The number of para-hydroxylation sites is 2. The van der Waals surface area contributed by atoms with Crippen LogP contribution in [0.1, 0.15) is 22.4 Å². The summed E-state index contributed by atoms with van der Waals surface area (Å²) in [5, 5.41) is 5.10.